The van der Waals surface area contributed by atoms with Crippen molar-refractivity contribution in [2.75, 3.05) is 27.2 Å². The highest BCUT2D eigenvalue weighted by molar-refractivity contribution is 5.80. The summed E-state index contributed by atoms with van der Waals surface area (Å²) in [5.74, 6) is 1.50. The van der Waals surface area contributed by atoms with Crippen LogP contribution in [0.5, 0.6) is 5.88 Å². The number of hydrogen-bond acceptors (Lipinski definition) is 4. The van der Waals surface area contributed by atoms with Crippen LogP contribution in [0.4, 0.5) is 0 Å². The third-order valence-corrected chi connectivity index (χ3v) is 3.93. The fourth-order valence-electron chi connectivity index (χ4n) is 2.57. The Labute approximate surface area is 137 Å². The number of ether oxygens (including phenoxy) is 1. The van der Waals surface area contributed by atoms with E-state index in [0.29, 0.717) is 18.5 Å². The van der Waals surface area contributed by atoms with Crippen LogP contribution in [0.15, 0.2) is 23.2 Å². The largest absolute Gasteiger partial charge is 0.481 e. The predicted molar refractivity (Wildman–Crippen MR) is 89.4 cm³/mol. The Morgan fingerprint density at radius 1 is 1.43 bits per heavy atom. The van der Waals surface area contributed by atoms with Crippen molar-refractivity contribution in [1.82, 2.24) is 20.5 Å². The standard InChI is InChI=1S/C16H25N5O2/c1-12(22)21-9-7-13(8-10-21)20-16(17-2)18-11-14-5-4-6-15(19-14)23-3/h4-6,13H,7-11H2,1-3H3,(H2,17,18,20). The number of carbonyl (C=O) groups is 1. The summed E-state index contributed by atoms with van der Waals surface area (Å²) in [6.45, 7) is 3.78. The second-order valence-electron chi connectivity index (χ2n) is 5.52. The number of piperidine rings is 1. The number of guanidine groups is 1. The molecule has 7 heteroatoms. The molecule has 2 N–H and O–H groups in total. The molecule has 2 rings (SSSR count). The SMILES string of the molecule is CN=C(NCc1cccc(OC)n1)NC1CCN(C(C)=O)CC1. The number of likely N-dealkylation sites (tertiary alicyclic amines) is 1. The maximum absolute atomic E-state index is 11.3. The molecular formula is C16H25N5O2. The molecule has 1 aromatic rings. The van der Waals surface area contributed by atoms with Crippen molar-refractivity contribution in [1.29, 1.82) is 0 Å². The average Bonchev–Trinajstić information content (AvgIpc) is 2.59. The van der Waals surface area contributed by atoms with Gasteiger partial charge in [-0.3, -0.25) is 9.79 Å². The van der Waals surface area contributed by atoms with Crippen molar-refractivity contribution in [3.05, 3.63) is 23.9 Å². The lowest BCUT2D eigenvalue weighted by Gasteiger charge is -2.32. The minimum absolute atomic E-state index is 0.148. The van der Waals surface area contributed by atoms with Gasteiger partial charge in [0.15, 0.2) is 5.96 Å². The maximum Gasteiger partial charge on any atom is 0.219 e. The molecule has 0 aliphatic carbocycles. The van der Waals surface area contributed by atoms with Gasteiger partial charge < -0.3 is 20.3 Å². The van der Waals surface area contributed by atoms with Crippen molar-refractivity contribution >= 4 is 11.9 Å². The van der Waals surface area contributed by atoms with Gasteiger partial charge in [-0.05, 0) is 18.9 Å². The van der Waals surface area contributed by atoms with E-state index in [2.05, 4.69) is 20.6 Å². The Morgan fingerprint density at radius 3 is 2.78 bits per heavy atom. The average molecular weight is 319 g/mol. The van der Waals surface area contributed by atoms with E-state index in [0.717, 1.165) is 37.6 Å². The number of aromatic nitrogens is 1. The first-order chi connectivity index (χ1) is 11.1. The normalized spacial score (nSPS) is 16.1. The molecule has 0 unspecified atom stereocenters. The van der Waals surface area contributed by atoms with Crippen LogP contribution in [-0.2, 0) is 11.3 Å². The molecule has 0 saturated carbocycles. The number of pyridine rings is 1. The lowest BCUT2D eigenvalue weighted by atomic mass is 10.1. The van der Waals surface area contributed by atoms with Gasteiger partial charge in [0.25, 0.3) is 0 Å². The van der Waals surface area contributed by atoms with Gasteiger partial charge in [0.05, 0.1) is 19.3 Å². The fraction of sp³-hybridized carbons (Fsp3) is 0.562. The van der Waals surface area contributed by atoms with E-state index in [9.17, 15) is 4.79 Å². The van der Waals surface area contributed by atoms with E-state index in [4.69, 9.17) is 4.74 Å². The molecule has 0 spiro atoms. The summed E-state index contributed by atoms with van der Waals surface area (Å²) >= 11 is 0. The van der Waals surface area contributed by atoms with Crippen molar-refractivity contribution in [3.8, 4) is 5.88 Å². The van der Waals surface area contributed by atoms with Gasteiger partial charge in [-0.2, -0.15) is 0 Å². The van der Waals surface area contributed by atoms with E-state index < -0.39 is 0 Å². The third-order valence-electron chi connectivity index (χ3n) is 3.93. The van der Waals surface area contributed by atoms with E-state index in [1.807, 2.05) is 23.1 Å². The number of carbonyl (C=O) groups excluding carboxylic acids is 1. The fourth-order valence-corrected chi connectivity index (χ4v) is 2.57. The molecule has 1 fully saturated rings. The van der Waals surface area contributed by atoms with Crippen LogP contribution in [0.1, 0.15) is 25.5 Å². The molecule has 126 valence electrons. The van der Waals surface area contributed by atoms with Crippen molar-refractivity contribution < 1.29 is 9.53 Å². The van der Waals surface area contributed by atoms with E-state index in [-0.39, 0.29) is 5.91 Å². The summed E-state index contributed by atoms with van der Waals surface area (Å²) in [6, 6.07) is 6.00. The van der Waals surface area contributed by atoms with Crippen LogP contribution >= 0.6 is 0 Å². The summed E-state index contributed by atoms with van der Waals surface area (Å²) in [7, 11) is 3.35. The van der Waals surface area contributed by atoms with Crippen LogP contribution in [0, 0.1) is 0 Å². The zero-order valence-corrected chi connectivity index (χ0v) is 14.0. The molecule has 2 heterocycles. The smallest absolute Gasteiger partial charge is 0.219 e. The van der Waals surface area contributed by atoms with Gasteiger partial charge in [-0.15, -0.1) is 0 Å². The van der Waals surface area contributed by atoms with Crippen LogP contribution in [0.25, 0.3) is 0 Å². The Morgan fingerprint density at radius 2 is 2.17 bits per heavy atom. The second kappa shape index (κ2) is 8.36. The number of hydrogen-bond donors (Lipinski definition) is 2. The number of nitrogens with zero attached hydrogens (tertiary/aromatic N) is 3. The monoisotopic (exact) mass is 319 g/mol. The Bertz CT molecular complexity index is 553. The van der Waals surface area contributed by atoms with Gasteiger partial charge in [0.1, 0.15) is 0 Å². The van der Waals surface area contributed by atoms with Gasteiger partial charge in [-0.1, -0.05) is 6.07 Å². The first-order valence-electron chi connectivity index (χ1n) is 7.85. The molecule has 1 amide bonds. The minimum Gasteiger partial charge on any atom is -0.481 e. The van der Waals surface area contributed by atoms with Crippen molar-refractivity contribution in [2.45, 2.75) is 32.4 Å². The predicted octanol–water partition coefficient (Wildman–Crippen LogP) is 0.766. The van der Waals surface area contributed by atoms with Gasteiger partial charge in [-0.25, -0.2) is 4.98 Å². The van der Waals surface area contributed by atoms with Gasteiger partial charge in [0, 0.05) is 39.2 Å². The first kappa shape index (κ1) is 17.1. The topological polar surface area (TPSA) is 78.9 Å². The van der Waals surface area contributed by atoms with Crippen LogP contribution in [-0.4, -0.2) is 55.0 Å². The summed E-state index contributed by atoms with van der Waals surface area (Å²) < 4.78 is 5.12. The van der Waals surface area contributed by atoms with Crippen LogP contribution in [0.3, 0.4) is 0 Å². The van der Waals surface area contributed by atoms with E-state index in [1.165, 1.54) is 0 Å². The number of methoxy groups -OCH3 is 1. The van der Waals surface area contributed by atoms with Crippen molar-refractivity contribution in [3.63, 3.8) is 0 Å². The summed E-state index contributed by atoms with van der Waals surface area (Å²) in [6.07, 6.45) is 1.86. The minimum atomic E-state index is 0.148. The van der Waals surface area contributed by atoms with E-state index >= 15 is 0 Å². The number of nitrogens with one attached hydrogen (secondary N) is 2. The number of aliphatic imine (C=N–C) groups is 1. The molecule has 1 aromatic heterocycles. The summed E-state index contributed by atoms with van der Waals surface area (Å²) in [4.78, 5) is 21.8. The Balaban J connectivity index is 1.81. The Hall–Kier alpha value is -2.31. The highest BCUT2D eigenvalue weighted by Crippen LogP contribution is 2.10. The molecule has 1 saturated heterocycles. The zero-order chi connectivity index (χ0) is 16.7. The van der Waals surface area contributed by atoms with Gasteiger partial charge in [0.2, 0.25) is 11.8 Å². The third kappa shape index (κ3) is 5.12. The van der Waals surface area contributed by atoms with Crippen LogP contribution < -0.4 is 15.4 Å². The van der Waals surface area contributed by atoms with Crippen LogP contribution in [0.2, 0.25) is 0 Å². The molecule has 23 heavy (non-hydrogen) atoms. The molecule has 1 aliphatic rings. The second-order valence-corrected chi connectivity index (χ2v) is 5.52. The molecule has 7 nitrogen and oxygen atoms in total. The molecule has 0 bridgehead atoms. The molecule has 1 aliphatic heterocycles. The zero-order valence-electron chi connectivity index (χ0n) is 14.0. The van der Waals surface area contributed by atoms with E-state index in [1.54, 1.807) is 21.1 Å². The first-order valence-corrected chi connectivity index (χ1v) is 7.85. The molecule has 0 atom stereocenters. The lowest BCUT2D eigenvalue weighted by Crippen LogP contribution is -2.49. The highest BCUT2D eigenvalue weighted by atomic mass is 16.5. The highest BCUT2D eigenvalue weighted by Gasteiger charge is 2.21. The number of rotatable bonds is 4. The Kier molecular flexibility index (Phi) is 6.19. The lowest BCUT2D eigenvalue weighted by molar-refractivity contribution is -0.129. The number of amides is 1. The molecule has 0 aromatic carbocycles. The summed E-state index contributed by atoms with van der Waals surface area (Å²) in [5, 5.41) is 6.66. The maximum atomic E-state index is 11.3. The van der Waals surface area contributed by atoms with Crippen molar-refractivity contribution in [2.24, 2.45) is 4.99 Å². The molecular weight excluding hydrogens is 294 g/mol. The van der Waals surface area contributed by atoms with Gasteiger partial charge >= 0.3 is 0 Å². The molecule has 0 radical (unpaired) electrons. The summed E-state index contributed by atoms with van der Waals surface area (Å²) in [5.41, 5.74) is 0.888. The quantitative estimate of drug-likeness (QED) is 0.633.